The molecule has 1 aliphatic heterocycles. The van der Waals surface area contributed by atoms with Crippen molar-refractivity contribution < 1.29 is 17.9 Å². The van der Waals surface area contributed by atoms with E-state index in [1.807, 2.05) is 12.3 Å². The van der Waals surface area contributed by atoms with Gasteiger partial charge in [-0.2, -0.15) is 4.98 Å². The minimum absolute atomic E-state index is 0.0264. The molecule has 204 valence electrons. The molecule has 2 unspecified atom stereocenters. The molecule has 38 heavy (non-hydrogen) atoms. The van der Waals surface area contributed by atoms with E-state index in [-0.39, 0.29) is 18.2 Å². The summed E-state index contributed by atoms with van der Waals surface area (Å²) in [6.45, 7) is 6.24. The number of hydrogen-bond acceptors (Lipinski definition) is 8. The number of aliphatic hydroxyl groups excluding tert-OH is 1. The first-order valence-corrected chi connectivity index (χ1v) is 15.3. The zero-order valence-electron chi connectivity index (χ0n) is 22.4. The number of sulfone groups is 1. The average Bonchev–Trinajstić information content (AvgIpc) is 2.81. The van der Waals surface area contributed by atoms with Gasteiger partial charge < -0.3 is 15.3 Å². The van der Waals surface area contributed by atoms with Crippen LogP contribution in [0.1, 0.15) is 63.0 Å². The van der Waals surface area contributed by atoms with Crippen LogP contribution in [0.4, 0.5) is 22.0 Å². The van der Waals surface area contributed by atoms with E-state index in [0.717, 1.165) is 23.6 Å². The largest absolute Gasteiger partial charge is 0.390 e. The highest BCUT2D eigenvalue weighted by Crippen LogP contribution is 2.45. The van der Waals surface area contributed by atoms with Gasteiger partial charge in [-0.05, 0) is 72.6 Å². The van der Waals surface area contributed by atoms with Gasteiger partial charge in [0.2, 0.25) is 5.95 Å². The van der Waals surface area contributed by atoms with Gasteiger partial charge in [-0.15, -0.1) is 0 Å². The summed E-state index contributed by atoms with van der Waals surface area (Å²) in [5.41, 5.74) is 0.721. The molecule has 2 aliphatic rings. The highest BCUT2D eigenvalue weighted by atomic mass is 32.2. The van der Waals surface area contributed by atoms with Gasteiger partial charge in [-0.1, -0.05) is 26.0 Å². The van der Waals surface area contributed by atoms with E-state index in [1.165, 1.54) is 24.3 Å². The number of halogens is 1. The lowest BCUT2D eigenvalue weighted by molar-refractivity contribution is -0.00860. The summed E-state index contributed by atoms with van der Waals surface area (Å²) in [6.07, 6.45) is 5.90. The molecular formula is C28H36FN5O3S. The van der Waals surface area contributed by atoms with Gasteiger partial charge in [0.25, 0.3) is 0 Å². The second-order valence-electron chi connectivity index (χ2n) is 11.5. The molecule has 3 aromatic rings. The van der Waals surface area contributed by atoms with Crippen molar-refractivity contribution in [2.75, 3.05) is 35.3 Å². The molecule has 10 heteroatoms. The van der Waals surface area contributed by atoms with E-state index in [2.05, 4.69) is 46.2 Å². The number of anilines is 3. The van der Waals surface area contributed by atoms with E-state index < -0.39 is 21.6 Å². The maximum Gasteiger partial charge on any atom is 0.227 e. The van der Waals surface area contributed by atoms with Gasteiger partial charge in [0.1, 0.15) is 21.5 Å². The van der Waals surface area contributed by atoms with Crippen molar-refractivity contribution in [1.82, 2.24) is 15.0 Å². The summed E-state index contributed by atoms with van der Waals surface area (Å²) >= 11 is 0. The number of piperidine rings is 1. The second-order valence-corrected chi connectivity index (χ2v) is 13.7. The molecule has 8 nitrogen and oxygen atoms in total. The van der Waals surface area contributed by atoms with Crippen molar-refractivity contribution in [2.24, 2.45) is 5.92 Å². The summed E-state index contributed by atoms with van der Waals surface area (Å²) < 4.78 is 38.1. The number of nitrogens with one attached hydrogen (secondary N) is 1. The molecule has 0 bridgehead atoms. The first kappa shape index (κ1) is 26.7. The Labute approximate surface area is 223 Å². The van der Waals surface area contributed by atoms with Crippen LogP contribution in [0.25, 0.3) is 10.8 Å². The molecule has 0 radical (unpaired) electrons. The van der Waals surface area contributed by atoms with Crippen molar-refractivity contribution in [3.05, 3.63) is 47.8 Å². The summed E-state index contributed by atoms with van der Waals surface area (Å²) in [5, 5.41) is 15.4. The minimum atomic E-state index is -2.97. The van der Waals surface area contributed by atoms with Crippen LogP contribution in [0, 0.1) is 5.92 Å². The summed E-state index contributed by atoms with van der Waals surface area (Å²) in [4.78, 5) is 15.4. The maximum atomic E-state index is 14.7. The predicted octanol–water partition coefficient (Wildman–Crippen LogP) is 4.73. The number of pyridine rings is 1. The molecule has 1 aromatic carbocycles. The number of alkyl halides is 1. The standard InChI is InChI=1S/C28H36FN5O3S/c1-17(2)20-5-6-21(19-11-18(12-19)15-38(4,36)37)23-14-31-26(13-22(20)23)32-25-7-9-30-27(33-25)34-10-8-24(35)28(3,29)16-34/h5-7,9,13-14,17-19,24,35H,8,10-12,15-16H2,1-4H3,(H,30,31,32,33). The minimum Gasteiger partial charge on any atom is -0.390 e. The van der Waals surface area contributed by atoms with E-state index >= 15 is 0 Å². The van der Waals surface area contributed by atoms with Crippen LogP contribution >= 0.6 is 0 Å². The van der Waals surface area contributed by atoms with E-state index in [9.17, 15) is 17.9 Å². The molecule has 3 heterocycles. The van der Waals surface area contributed by atoms with E-state index in [1.54, 1.807) is 17.2 Å². The predicted molar refractivity (Wildman–Crippen MR) is 149 cm³/mol. The first-order chi connectivity index (χ1) is 17.9. The van der Waals surface area contributed by atoms with Crippen molar-refractivity contribution in [3.8, 4) is 0 Å². The molecule has 5 rings (SSSR count). The van der Waals surface area contributed by atoms with E-state index in [4.69, 9.17) is 0 Å². The molecule has 0 amide bonds. The Kier molecular flexibility index (Phi) is 7.06. The number of rotatable bonds is 7. The van der Waals surface area contributed by atoms with Gasteiger partial charge in [-0.3, -0.25) is 0 Å². The number of benzene rings is 1. The quantitative estimate of drug-likeness (QED) is 0.442. The van der Waals surface area contributed by atoms with Crippen LogP contribution in [0.5, 0.6) is 0 Å². The third-order valence-corrected chi connectivity index (χ3v) is 8.93. The highest BCUT2D eigenvalue weighted by Gasteiger charge is 2.40. The number of aliphatic hydroxyl groups is 1. The number of fused-ring (bicyclic) bond motifs is 1. The Morgan fingerprint density at radius 2 is 1.95 bits per heavy atom. The zero-order chi connectivity index (χ0) is 27.2. The molecule has 1 saturated heterocycles. The summed E-state index contributed by atoms with van der Waals surface area (Å²) in [7, 11) is -2.97. The molecule has 1 saturated carbocycles. The Balaban J connectivity index is 1.39. The molecule has 1 aliphatic carbocycles. The van der Waals surface area contributed by atoms with Gasteiger partial charge >= 0.3 is 0 Å². The van der Waals surface area contributed by atoms with Crippen LogP contribution < -0.4 is 10.2 Å². The molecule has 2 atom stereocenters. The monoisotopic (exact) mass is 541 g/mol. The zero-order valence-corrected chi connectivity index (χ0v) is 23.2. The van der Waals surface area contributed by atoms with Crippen molar-refractivity contribution >= 4 is 38.2 Å². The summed E-state index contributed by atoms with van der Waals surface area (Å²) in [5.74, 6) is 2.73. The van der Waals surface area contributed by atoms with Gasteiger partial charge in [0, 0.05) is 30.6 Å². The fourth-order valence-electron chi connectivity index (χ4n) is 5.77. The Morgan fingerprint density at radius 1 is 1.18 bits per heavy atom. The number of hydrogen-bond donors (Lipinski definition) is 2. The fourth-order valence-corrected chi connectivity index (χ4v) is 6.90. The Hall–Kier alpha value is -2.85. The maximum absolute atomic E-state index is 14.7. The first-order valence-electron chi connectivity index (χ1n) is 13.2. The Morgan fingerprint density at radius 3 is 2.63 bits per heavy atom. The second kappa shape index (κ2) is 10.0. The third-order valence-electron chi connectivity index (χ3n) is 7.85. The van der Waals surface area contributed by atoms with Crippen LogP contribution in [-0.2, 0) is 9.84 Å². The fraction of sp³-hybridized carbons (Fsp3) is 0.536. The Bertz CT molecular complexity index is 1440. The lowest BCUT2D eigenvalue weighted by Gasteiger charge is -2.38. The summed E-state index contributed by atoms with van der Waals surface area (Å²) in [6, 6.07) is 8.15. The lowest BCUT2D eigenvalue weighted by Crippen LogP contribution is -2.52. The normalized spacial score (nSPS) is 26.0. The molecule has 2 aromatic heterocycles. The average molecular weight is 542 g/mol. The third kappa shape index (κ3) is 5.61. The number of nitrogens with zero attached hydrogens (tertiary/aromatic N) is 4. The van der Waals surface area contributed by atoms with Crippen LogP contribution in [0.2, 0.25) is 0 Å². The molecule has 2 fully saturated rings. The highest BCUT2D eigenvalue weighted by molar-refractivity contribution is 7.90. The molecule has 2 N–H and O–H groups in total. The van der Waals surface area contributed by atoms with Crippen molar-refractivity contribution in [3.63, 3.8) is 0 Å². The number of aromatic nitrogens is 3. The molecule has 0 spiro atoms. The lowest BCUT2D eigenvalue weighted by atomic mass is 9.71. The molecular weight excluding hydrogens is 505 g/mol. The van der Waals surface area contributed by atoms with Crippen LogP contribution in [-0.4, -0.2) is 65.3 Å². The van der Waals surface area contributed by atoms with Crippen LogP contribution in [0.3, 0.4) is 0 Å². The van der Waals surface area contributed by atoms with Crippen molar-refractivity contribution in [1.29, 1.82) is 0 Å². The van der Waals surface area contributed by atoms with Gasteiger partial charge in [-0.25, -0.2) is 22.8 Å². The van der Waals surface area contributed by atoms with Crippen molar-refractivity contribution in [2.45, 2.75) is 63.6 Å². The van der Waals surface area contributed by atoms with Gasteiger partial charge in [0.05, 0.1) is 18.4 Å². The topological polar surface area (TPSA) is 108 Å². The van der Waals surface area contributed by atoms with E-state index in [0.29, 0.717) is 42.4 Å². The SMILES string of the molecule is CC(C)c1ccc(C2CC(CS(C)(=O)=O)C2)c2cnc(Nc3ccnc(N4CCC(O)C(C)(F)C4)n3)cc12. The van der Waals surface area contributed by atoms with Crippen LogP contribution in [0.15, 0.2) is 36.7 Å². The smallest absolute Gasteiger partial charge is 0.227 e. The van der Waals surface area contributed by atoms with Gasteiger partial charge in [0.15, 0.2) is 5.67 Å².